The van der Waals surface area contributed by atoms with Gasteiger partial charge in [0.05, 0.1) is 19.0 Å². The lowest BCUT2D eigenvalue weighted by molar-refractivity contribution is 0.100. The standard InChI is InChI=1S/C21H19N3O3/c1-14(25)15-4-3-5-17(12-15)24-21(26)20-11-8-18(13-22-20)23-16-6-9-19(27-2)10-7-16/h3-13,23H,1-2H3,(H,24,26). The van der Waals surface area contributed by atoms with Crippen LogP contribution in [0.4, 0.5) is 17.1 Å². The van der Waals surface area contributed by atoms with E-state index in [2.05, 4.69) is 15.6 Å². The van der Waals surface area contributed by atoms with Crippen LogP contribution in [0.25, 0.3) is 0 Å². The van der Waals surface area contributed by atoms with Gasteiger partial charge in [-0.15, -0.1) is 0 Å². The lowest BCUT2D eigenvalue weighted by atomic mass is 10.1. The number of benzene rings is 2. The first-order valence-corrected chi connectivity index (χ1v) is 8.34. The van der Waals surface area contributed by atoms with Crippen LogP contribution in [-0.4, -0.2) is 23.8 Å². The molecule has 3 aromatic rings. The highest BCUT2D eigenvalue weighted by Gasteiger charge is 2.09. The maximum absolute atomic E-state index is 12.3. The Labute approximate surface area is 157 Å². The number of nitrogens with one attached hydrogen (secondary N) is 2. The van der Waals surface area contributed by atoms with Crippen molar-refractivity contribution in [1.82, 2.24) is 4.98 Å². The molecule has 2 N–H and O–H groups in total. The van der Waals surface area contributed by atoms with E-state index in [0.717, 1.165) is 17.1 Å². The number of rotatable bonds is 6. The molecule has 1 aromatic heterocycles. The molecule has 3 rings (SSSR count). The largest absolute Gasteiger partial charge is 0.497 e. The zero-order chi connectivity index (χ0) is 19.2. The van der Waals surface area contributed by atoms with Gasteiger partial charge in [0.25, 0.3) is 5.91 Å². The third-order valence-electron chi connectivity index (χ3n) is 3.90. The molecule has 0 saturated heterocycles. The fourth-order valence-electron chi connectivity index (χ4n) is 2.45. The van der Waals surface area contributed by atoms with E-state index in [-0.39, 0.29) is 17.4 Å². The summed E-state index contributed by atoms with van der Waals surface area (Å²) in [5, 5.41) is 5.95. The number of carbonyl (C=O) groups is 2. The predicted molar refractivity (Wildman–Crippen MR) is 105 cm³/mol. The van der Waals surface area contributed by atoms with Crippen LogP contribution >= 0.6 is 0 Å². The van der Waals surface area contributed by atoms with Crippen LogP contribution in [0.5, 0.6) is 5.75 Å². The number of hydrogen-bond acceptors (Lipinski definition) is 5. The smallest absolute Gasteiger partial charge is 0.274 e. The SMILES string of the molecule is COc1ccc(Nc2ccc(C(=O)Nc3cccc(C(C)=O)c3)nc2)cc1. The topological polar surface area (TPSA) is 80.3 Å². The van der Waals surface area contributed by atoms with Gasteiger partial charge in [-0.2, -0.15) is 0 Å². The van der Waals surface area contributed by atoms with Crippen LogP contribution in [-0.2, 0) is 0 Å². The Balaban J connectivity index is 1.66. The van der Waals surface area contributed by atoms with E-state index in [1.807, 2.05) is 24.3 Å². The minimum Gasteiger partial charge on any atom is -0.497 e. The summed E-state index contributed by atoms with van der Waals surface area (Å²) in [4.78, 5) is 28.0. The second-order valence-electron chi connectivity index (χ2n) is 5.88. The van der Waals surface area contributed by atoms with Gasteiger partial charge in [0.15, 0.2) is 5.78 Å². The van der Waals surface area contributed by atoms with Gasteiger partial charge in [-0.1, -0.05) is 12.1 Å². The second-order valence-corrected chi connectivity index (χ2v) is 5.88. The van der Waals surface area contributed by atoms with Crippen LogP contribution in [0.2, 0.25) is 0 Å². The van der Waals surface area contributed by atoms with E-state index in [4.69, 9.17) is 4.74 Å². The van der Waals surface area contributed by atoms with Gasteiger partial charge in [0.2, 0.25) is 0 Å². The molecule has 6 nitrogen and oxygen atoms in total. The van der Waals surface area contributed by atoms with Crippen molar-refractivity contribution in [3.8, 4) is 5.75 Å². The van der Waals surface area contributed by atoms with Crippen molar-refractivity contribution in [1.29, 1.82) is 0 Å². The van der Waals surface area contributed by atoms with Gasteiger partial charge in [0, 0.05) is 16.9 Å². The molecule has 0 spiro atoms. The van der Waals surface area contributed by atoms with Gasteiger partial charge in [-0.25, -0.2) is 4.98 Å². The molecule has 1 heterocycles. The number of hydrogen-bond donors (Lipinski definition) is 2. The number of anilines is 3. The number of aromatic nitrogens is 1. The molecule has 2 aromatic carbocycles. The van der Waals surface area contributed by atoms with Gasteiger partial charge < -0.3 is 15.4 Å². The molecule has 0 atom stereocenters. The summed E-state index contributed by atoms with van der Waals surface area (Å²) < 4.78 is 5.13. The predicted octanol–water partition coefficient (Wildman–Crippen LogP) is 4.29. The van der Waals surface area contributed by atoms with E-state index in [1.54, 1.807) is 49.7 Å². The third-order valence-corrected chi connectivity index (χ3v) is 3.90. The molecule has 0 aliphatic heterocycles. The Morgan fingerprint density at radius 3 is 2.30 bits per heavy atom. The normalized spacial score (nSPS) is 10.1. The first kappa shape index (κ1) is 18.1. The summed E-state index contributed by atoms with van der Waals surface area (Å²) in [6, 6.07) is 17.7. The Morgan fingerprint density at radius 2 is 1.67 bits per heavy atom. The number of Topliss-reactive ketones (excluding diaryl/α,β-unsaturated/α-hetero) is 1. The summed E-state index contributed by atoms with van der Waals surface area (Å²) in [5.74, 6) is 0.379. The van der Waals surface area contributed by atoms with Crippen LogP contribution in [0.15, 0.2) is 66.9 Å². The summed E-state index contributed by atoms with van der Waals surface area (Å²) in [5.41, 5.74) is 3.02. The molecule has 1 amide bonds. The van der Waals surface area contributed by atoms with Crippen molar-refractivity contribution in [2.24, 2.45) is 0 Å². The molecule has 0 aliphatic carbocycles. The van der Waals surface area contributed by atoms with Crippen LogP contribution in [0.3, 0.4) is 0 Å². The van der Waals surface area contributed by atoms with Gasteiger partial charge in [0.1, 0.15) is 11.4 Å². The molecule has 0 fully saturated rings. The van der Waals surface area contributed by atoms with E-state index in [9.17, 15) is 9.59 Å². The highest BCUT2D eigenvalue weighted by molar-refractivity contribution is 6.04. The molecule has 6 heteroatoms. The minimum absolute atomic E-state index is 0.0572. The Bertz CT molecular complexity index is 951. The van der Waals surface area contributed by atoms with Crippen molar-refractivity contribution in [3.05, 3.63) is 78.1 Å². The van der Waals surface area contributed by atoms with E-state index < -0.39 is 0 Å². The van der Waals surface area contributed by atoms with Crippen molar-refractivity contribution >= 4 is 28.8 Å². The Morgan fingerprint density at radius 1 is 0.926 bits per heavy atom. The molecular weight excluding hydrogens is 342 g/mol. The maximum atomic E-state index is 12.3. The number of carbonyl (C=O) groups excluding carboxylic acids is 2. The second kappa shape index (κ2) is 8.14. The zero-order valence-corrected chi connectivity index (χ0v) is 15.0. The Kier molecular flexibility index (Phi) is 5.47. The lowest BCUT2D eigenvalue weighted by Gasteiger charge is -2.09. The number of ether oxygens (including phenoxy) is 1. The molecule has 27 heavy (non-hydrogen) atoms. The highest BCUT2D eigenvalue weighted by atomic mass is 16.5. The molecule has 0 saturated carbocycles. The maximum Gasteiger partial charge on any atom is 0.274 e. The van der Waals surface area contributed by atoms with E-state index in [1.165, 1.54) is 6.92 Å². The number of pyridine rings is 1. The van der Waals surface area contributed by atoms with E-state index >= 15 is 0 Å². The Hall–Kier alpha value is -3.67. The average Bonchev–Trinajstić information content (AvgIpc) is 2.69. The number of nitrogens with zero attached hydrogens (tertiary/aromatic N) is 1. The van der Waals surface area contributed by atoms with Crippen molar-refractivity contribution < 1.29 is 14.3 Å². The number of amides is 1. The average molecular weight is 361 g/mol. The summed E-state index contributed by atoms with van der Waals surface area (Å²) in [6.07, 6.45) is 1.59. The summed E-state index contributed by atoms with van der Waals surface area (Å²) >= 11 is 0. The van der Waals surface area contributed by atoms with Gasteiger partial charge >= 0.3 is 0 Å². The molecule has 0 radical (unpaired) electrons. The van der Waals surface area contributed by atoms with Crippen LogP contribution in [0.1, 0.15) is 27.8 Å². The molecule has 136 valence electrons. The quantitative estimate of drug-likeness (QED) is 0.640. The third kappa shape index (κ3) is 4.70. The zero-order valence-electron chi connectivity index (χ0n) is 15.0. The minimum atomic E-state index is -0.341. The highest BCUT2D eigenvalue weighted by Crippen LogP contribution is 2.20. The number of ketones is 1. The summed E-state index contributed by atoms with van der Waals surface area (Å²) in [6.45, 7) is 1.48. The molecule has 0 unspecified atom stereocenters. The van der Waals surface area contributed by atoms with E-state index in [0.29, 0.717) is 11.3 Å². The summed E-state index contributed by atoms with van der Waals surface area (Å²) in [7, 11) is 1.62. The molecule has 0 aliphatic rings. The van der Waals surface area contributed by atoms with Gasteiger partial charge in [-0.3, -0.25) is 9.59 Å². The van der Waals surface area contributed by atoms with Crippen LogP contribution in [0, 0.1) is 0 Å². The first-order valence-electron chi connectivity index (χ1n) is 8.34. The van der Waals surface area contributed by atoms with Crippen molar-refractivity contribution in [2.45, 2.75) is 6.92 Å². The monoisotopic (exact) mass is 361 g/mol. The molecule has 0 bridgehead atoms. The fourth-order valence-corrected chi connectivity index (χ4v) is 2.45. The van der Waals surface area contributed by atoms with Crippen molar-refractivity contribution in [2.75, 3.05) is 17.7 Å². The lowest BCUT2D eigenvalue weighted by Crippen LogP contribution is -2.14. The fraction of sp³-hybridized carbons (Fsp3) is 0.0952. The van der Waals surface area contributed by atoms with Crippen LogP contribution < -0.4 is 15.4 Å². The van der Waals surface area contributed by atoms with Crippen molar-refractivity contribution in [3.63, 3.8) is 0 Å². The first-order chi connectivity index (χ1) is 13.0. The van der Waals surface area contributed by atoms with Gasteiger partial charge in [-0.05, 0) is 55.5 Å². The number of methoxy groups -OCH3 is 1. The molecular formula is C21H19N3O3.